The molecule has 0 aliphatic rings. The van der Waals surface area contributed by atoms with Crippen LogP contribution in [0.15, 0.2) is 41.3 Å². The smallest absolute Gasteiger partial charge is 0.262 e. The second kappa shape index (κ2) is 7.82. The molecule has 0 heterocycles. The van der Waals surface area contributed by atoms with Crippen molar-refractivity contribution < 1.29 is 22.3 Å². The summed E-state index contributed by atoms with van der Waals surface area (Å²) in [5, 5.41) is 0.914. The van der Waals surface area contributed by atoms with Gasteiger partial charge in [-0.1, -0.05) is 21.4 Å². The lowest BCUT2D eigenvalue weighted by Gasteiger charge is -2.17. The molecule has 2 aromatic carbocycles. The van der Waals surface area contributed by atoms with Gasteiger partial charge >= 0.3 is 0 Å². The molecule has 146 valence electrons. The van der Waals surface area contributed by atoms with Gasteiger partial charge in [0, 0.05) is 18.7 Å². The van der Waals surface area contributed by atoms with Gasteiger partial charge in [0.2, 0.25) is 5.91 Å². The minimum absolute atomic E-state index is 0.00672. The van der Waals surface area contributed by atoms with Crippen LogP contribution in [0.1, 0.15) is 25.0 Å². The van der Waals surface area contributed by atoms with Gasteiger partial charge < -0.3 is 10.1 Å². The van der Waals surface area contributed by atoms with Crippen LogP contribution in [0.5, 0.6) is 5.75 Å². The van der Waals surface area contributed by atoms with Crippen molar-refractivity contribution in [3.05, 3.63) is 47.5 Å². The number of hydrogen-bond acceptors (Lipinski definition) is 4. The number of hydrogen-bond donors (Lipinski definition) is 2. The molecule has 9 heteroatoms. The fourth-order valence-electron chi connectivity index (χ4n) is 2.51. The Hall–Kier alpha value is -2.18. The fourth-order valence-corrected chi connectivity index (χ4v) is 3.98. The summed E-state index contributed by atoms with van der Waals surface area (Å²) in [5.74, 6) is -0.0869. The maximum Gasteiger partial charge on any atom is 0.262 e. The standard InChI is InChI=1S/C18H22FN2O4PS/c1-11-8-15(20-12(2)22)16(25-4)10-17(11)27(23,24)21-14-7-5-6-13(9-14)18(3,19)26/h5-10,21H,26H2,1-4H3,(H,20,22). The van der Waals surface area contributed by atoms with E-state index in [1.807, 2.05) is 0 Å². The molecule has 2 atom stereocenters. The number of anilines is 2. The number of carbonyl (C=O) groups is 1. The first-order valence-corrected chi connectivity index (χ1v) is 10.1. The summed E-state index contributed by atoms with van der Waals surface area (Å²) < 4.78 is 47.4. The molecule has 6 nitrogen and oxygen atoms in total. The highest BCUT2D eigenvalue weighted by Crippen LogP contribution is 2.35. The van der Waals surface area contributed by atoms with Gasteiger partial charge in [-0.05, 0) is 43.2 Å². The van der Waals surface area contributed by atoms with Crippen LogP contribution in [0.3, 0.4) is 0 Å². The maximum atomic E-state index is 14.1. The van der Waals surface area contributed by atoms with Gasteiger partial charge in [-0.2, -0.15) is 0 Å². The topological polar surface area (TPSA) is 84.5 Å². The zero-order chi connectivity index (χ0) is 20.4. The average molecular weight is 412 g/mol. The van der Waals surface area contributed by atoms with E-state index in [4.69, 9.17) is 4.74 Å². The number of carbonyl (C=O) groups excluding carboxylic acids is 1. The molecule has 2 unspecified atom stereocenters. The predicted molar refractivity (Wildman–Crippen MR) is 107 cm³/mol. The van der Waals surface area contributed by atoms with E-state index in [2.05, 4.69) is 19.3 Å². The van der Waals surface area contributed by atoms with Crippen molar-refractivity contribution in [3.8, 4) is 5.75 Å². The van der Waals surface area contributed by atoms with Gasteiger partial charge in [-0.15, -0.1) is 0 Å². The van der Waals surface area contributed by atoms with E-state index in [1.54, 1.807) is 19.1 Å². The number of ether oxygens (including phenoxy) is 1. The molecule has 0 aliphatic heterocycles. The van der Waals surface area contributed by atoms with Crippen molar-refractivity contribution in [1.29, 1.82) is 0 Å². The second-order valence-corrected chi connectivity index (χ2v) is 9.00. The van der Waals surface area contributed by atoms with Crippen LogP contribution in [0.2, 0.25) is 0 Å². The van der Waals surface area contributed by atoms with Crippen molar-refractivity contribution in [2.75, 3.05) is 17.1 Å². The van der Waals surface area contributed by atoms with Gasteiger partial charge in [-0.3, -0.25) is 9.52 Å². The van der Waals surface area contributed by atoms with Crippen LogP contribution in [0.4, 0.5) is 15.8 Å². The first-order valence-electron chi connectivity index (χ1n) is 8.01. The van der Waals surface area contributed by atoms with Crippen LogP contribution >= 0.6 is 9.24 Å². The third kappa shape index (κ3) is 5.17. The Morgan fingerprint density at radius 3 is 2.48 bits per heavy atom. The molecule has 2 aromatic rings. The van der Waals surface area contributed by atoms with Gasteiger partial charge in [0.05, 0.1) is 17.7 Å². The highest BCUT2D eigenvalue weighted by molar-refractivity contribution is 7.92. The lowest BCUT2D eigenvalue weighted by atomic mass is 10.1. The summed E-state index contributed by atoms with van der Waals surface area (Å²) in [6, 6.07) is 8.97. The Kier molecular flexibility index (Phi) is 6.12. The number of aryl methyl sites for hydroxylation is 1. The van der Waals surface area contributed by atoms with E-state index in [0.29, 0.717) is 16.8 Å². The van der Waals surface area contributed by atoms with Gasteiger partial charge in [-0.25, -0.2) is 12.8 Å². The molecule has 27 heavy (non-hydrogen) atoms. The molecule has 0 saturated heterocycles. The summed E-state index contributed by atoms with van der Waals surface area (Å²) in [4.78, 5) is 11.3. The van der Waals surface area contributed by atoms with E-state index in [-0.39, 0.29) is 22.2 Å². The number of sulfonamides is 1. The van der Waals surface area contributed by atoms with Gasteiger partial charge in [0.1, 0.15) is 11.2 Å². The van der Waals surface area contributed by atoms with Crippen LogP contribution in [0.25, 0.3) is 0 Å². The SMILES string of the molecule is COc1cc(S(=O)(=O)Nc2cccc(C(C)(F)P)c2)c(C)cc1NC(C)=O. The molecule has 0 radical (unpaired) electrons. The maximum absolute atomic E-state index is 14.1. The number of benzene rings is 2. The monoisotopic (exact) mass is 412 g/mol. The van der Waals surface area contributed by atoms with E-state index in [9.17, 15) is 17.6 Å². The molecule has 0 bridgehead atoms. The first kappa shape index (κ1) is 21.1. The molecule has 2 rings (SSSR count). The Morgan fingerprint density at radius 1 is 1.26 bits per heavy atom. The average Bonchev–Trinajstić information content (AvgIpc) is 2.53. The Bertz CT molecular complexity index is 972. The number of amides is 1. The number of methoxy groups -OCH3 is 1. The second-order valence-electron chi connectivity index (χ2n) is 6.26. The fraction of sp³-hybridized carbons (Fsp3) is 0.278. The van der Waals surface area contributed by atoms with E-state index >= 15 is 0 Å². The van der Waals surface area contributed by atoms with Crippen molar-refractivity contribution in [2.45, 2.75) is 31.1 Å². The molecular formula is C18H22FN2O4PS. The number of alkyl halides is 1. The Morgan fingerprint density at radius 2 is 1.93 bits per heavy atom. The van der Waals surface area contributed by atoms with Crippen molar-refractivity contribution in [2.24, 2.45) is 0 Å². The zero-order valence-electron chi connectivity index (χ0n) is 15.5. The minimum atomic E-state index is -3.96. The van der Waals surface area contributed by atoms with Gasteiger partial charge in [0.15, 0.2) is 0 Å². The van der Waals surface area contributed by atoms with E-state index in [1.165, 1.54) is 45.2 Å². The van der Waals surface area contributed by atoms with Crippen LogP contribution in [-0.2, 0) is 20.2 Å². The largest absolute Gasteiger partial charge is 0.495 e. The number of rotatable bonds is 6. The van der Waals surface area contributed by atoms with Crippen LogP contribution < -0.4 is 14.8 Å². The lowest BCUT2D eigenvalue weighted by Crippen LogP contribution is -2.16. The summed E-state index contributed by atoms with van der Waals surface area (Å²) in [7, 11) is -0.507. The Balaban J connectivity index is 2.44. The minimum Gasteiger partial charge on any atom is -0.495 e. The van der Waals surface area contributed by atoms with Gasteiger partial charge in [0.25, 0.3) is 10.0 Å². The van der Waals surface area contributed by atoms with Crippen LogP contribution in [0, 0.1) is 6.92 Å². The highest BCUT2D eigenvalue weighted by atomic mass is 32.2. The third-order valence-electron chi connectivity index (χ3n) is 3.78. The zero-order valence-corrected chi connectivity index (χ0v) is 17.4. The molecular weight excluding hydrogens is 390 g/mol. The number of nitrogens with one attached hydrogen (secondary N) is 2. The summed E-state index contributed by atoms with van der Waals surface area (Å²) >= 11 is 0. The predicted octanol–water partition coefficient (Wildman–Crippen LogP) is 3.78. The quantitative estimate of drug-likeness (QED) is 0.708. The molecule has 0 fully saturated rings. The summed E-state index contributed by atoms with van der Waals surface area (Å²) in [5.41, 5.74) is 1.36. The number of halogens is 1. The first-order chi connectivity index (χ1) is 12.4. The van der Waals surface area contributed by atoms with Crippen molar-refractivity contribution >= 4 is 36.5 Å². The molecule has 0 spiro atoms. The van der Waals surface area contributed by atoms with E-state index < -0.39 is 15.4 Å². The highest BCUT2D eigenvalue weighted by Gasteiger charge is 2.23. The molecule has 0 saturated carbocycles. The third-order valence-corrected chi connectivity index (χ3v) is 5.63. The van der Waals surface area contributed by atoms with Crippen LogP contribution in [-0.4, -0.2) is 21.4 Å². The molecule has 1 amide bonds. The van der Waals surface area contributed by atoms with E-state index in [0.717, 1.165) is 0 Å². The normalized spacial score (nSPS) is 13.6. The summed E-state index contributed by atoms with van der Waals surface area (Å²) in [6.07, 6.45) is 0. The molecule has 0 aromatic heterocycles. The molecule has 0 aliphatic carbocycles. The molecule has 2 N–H and O–H groups in total. The van der Waals surface area contributed by atoms with Crippen molar-refractivity contribution in [1.82, 2.24) is 0 Å². The van der Waals surface area contributed by atoms with Crippen molar-refractivity contribution in [3.63, 3.8) is 0 Å². The summed E-state index contributed by atoms with van der Waals surface area (Å²) in [6.45, 7) is 4.32. The lowest BCUT2D eigenvalue weighted by molar-refractivity contribution is -0.114. The Labute approximate surface area is 160 Å².